The minimum Gasteiger partial charge on any atom is -0.497 e. The van der Waals surface area contributed by atoms with Crippen LogP contribution < -0.4 is 19.5 Å². The lowest BCUT2D eigenvalue weighted by Gasteiger charge is -2.15. The van der Waals surface area contributed by atoms with Crippen LogP contribution >= 0.6 is 0 Å². The standard InChI is InChI=1S/C18H22N2O5S/c1-13(14-7-5-4-6-8-14)20-18(21)12-19-26(22,23)17-11-15(24-2)9-10-16(17)25-3/h4-11,13,19H,12H2,1-3H3,(H,20,21). The molecular weight excluding hydrogens is 356 g/mol. The van der Waals surface area contributed by atoms with Gasteiger partial charge in [-0.05, 0) is 24.6 Å². The molecule has 0 aromatic heterocycles. The van der Waals surface area contributed by atoms with Crippen molar-refractivity contribution in [2.45, 2.75) is 17.9 Å². The molecule has 0 aliphatic heterocycles. The summed E-state index contributed by atoms with van der Waals surface area (Å²) in [7, 11) is -1.14. The van der Waals surface area contributed by atoms with E-state index < -0.39 is 15.9 Å². The molecule has 2 rings (SSSR count). The van der Waals surface area contributed by atoms with E-state index in [0.717, 1.165) is 5.56 Å². The number of hydrogen-bond acceptors (Lipinski definition) is 5. The first kappa shape index (κ1) is 19.7. The fourth-order valence-electron chi connectivity index (χ4n) is 2.35. The van der Waals surface area contributed by atoms with Crippen molar-refractivity contribution < 1.29 is 22.7 Å². The highest BCUT2D eigenvalue weighted by molar-refractivity contribution is 7.89. The van der Waals surface area contributed by atoms with Crippen molar-refractivity contribution in [3.8, 4) is 11.5 Å². The number of carbonyl (C=O) groups is 1. The quantitative estimate of drug-likeness (QED) is 0.731. The molecule has 0 heterocycles. The van der Waals surface area contributed by atoms with E-state index in [2.05, 4.69) is 10.0 Å². The van der Waals surface area contributed by atoms with E-state index in [0.29, 0.717) is 5.75 Å². The van der Waals surface area contributed by atoms with Gasteiger partial charge in [-0.1, -0.05) is 30.3 Å². The maximum atomic E-state index is 12.5. The first-order chi connectivity index (χ1) is 12.4. The molecule has 2 N–H and O–H groups in total. The molecule has 0 saturated heterocycles. The Hall–Kier alpha value is -2.58. The van der Waals surface area contributed by atoms with Gasteiger partial charge in [-0.15, -0.1) is 0 Å². The van der Waals surface area contributed by atoms with Gasteiger partial charge < -0.3 is 14.8 Å². The average Bonchev–Trinajstić information content (AvgIpc) is 2.66. The second-order valence-corrected chi connectivity index (χ2v) is 7.28. The lowest BCUT2D eigenvalue weighted by molar-refractivity contribution is -0.120. The number of nitrogens with one attached hydrogen (secondary N) is 2. The first-order valence-electron chi connectivity index (χ1n) is 7.93. The van der Waals surface area contributed by atoms with Gasteiger partial charge in [0.2, 0.25) is 15.9 Å². The summed E-state index contributed by atoms with van der Waals surface area (Å²) < 4.78 is 37.4. The van der Waals surface area contributed by atoms with Crippen molar-refractivity contribution in [2.75, 3.05) is 20.8 Å². The third-order valence-electron chi connectivity index (χ3n) is 3.76. The Labute approximate surface area is 153 Å². The highest BCUT2D eigenvalue weighted by Gasteiger charge is 2.22. The third kappa shape index (κ3) is 4.96. The summed E-state index contributed by atoms with van der Waals surface area (Å²) in [6.45, 7) is 1.44. The predicted molar refractivity (Wildman–Crippen MR) is 97.7 cm³/mol. The molecule has 0 fully saturated rings. The molecule has 0 aliphatic rings. The van der Waals surface area contributed by atoms with Crippen LogP contribution in [0.2, 0.25) is 0 Å². The molecule has 0 saturated carbocycles. The largest absolute Gasteiger partial charge is 0.497 e. The van der Waals surface area contributed by atoms with Crippen molar-refractivity contribution in [3.05, 3.63) is 54.1 Å². The third-order valence-corrected chi connectivity index (χ3v) is 5.18. The molecule has 1 atom stereocenters. The number of methoxy groups -OCH3 is 2. The summed E-state index contributed by atoms with van der Waals surface area (Å²) in [6.07, 6.45) is 0. The Bertz CT molecular complexity index is 853. The molecule has 1 unspecified atom stereocenters. The Kier molecular flexibility index (Phi) is 6.59. The summed E-state index contributed by atoms with van der Waals surface area (Å²) in [6, 6.07) is 13.6. The van der Waals surface area contributed by atoms with Gasteiger partial charge in [0.15, 0.2) is 0 Å². The predicted octanol–water partition coefficient (Wildman–Crippen LogP) is 1.86. The van der Waals surface area contributed by atoms with Crippen LogP contribution in [0.4, 0.5) is 0 Å². The molecule has 7 nitrogen and oxygen atoms in total. The summed E-state index contributed by atoms with van der Waals surface area (Å²) in [5.41, 5.74) is 0.929. The van der Waals surface area contributed by atoms with Crippen molar-refractivity contribution in [2.24, 2.45) is 0 Å². The van der Waals surface area contributed by atoms with Crippen molar-refractivity contribution in [1.29, 1.82) is 0 Å². The smallest absolute Gasteiger partial charge is 0.244 e. The number of carbonyl (C=O) groups excluding carboxylic acids is 1. The van der Waals surface area contributed by atoms with Crippen molar-refractivity contribution >= 4 is 15.9 Å². The fraction of sp³-hybridized carbons (Fsp3) is 0.278. The first-order valence-corrected chi connectivity index (χ1v) is 9.41. The van der Waals surface area contributed by atoms with Crippen LogP contribution in [0.15, 0.2) is 53.4 Å². The zero-order valence-corrected chi connectivity index (χ0v) is 15.7. The van der Waals surface area contributed by atoms with E-state index >= 15 is 0 Å². The monoisotopic (exact) mass is 378 g/mol. The molecule has 0 aliphatic carbocycles. The van der Waals surface area contributed by atoms with Crippen LogP contribution in [-0.2, 0) is 14.8 Å². The number of sulfonamides is 1. The lowest BCUT2D eigenvalue weighted by atomic mass is 10.1. The van der Waals surface area contributed by atoms with Crippen LogP contribution in [0.3, 0.4) is 0 Å². The maximum absolute atomic E-state index is 12.5. The molecule has 140 valence electrons. The highest BCUT2D eigenvalue weighted by atomic mass is 32.2. The van der Waals surface area contributed by atoms with Crippen LogP contribution in [0.5, 0.6) is 11.5 Å². The minimum atomic E-state index is -3.95. The summed E-state index contributed by atoms with van der Waals surface area (Å²) in [5.74, 6) is 0.0940. The molecule has 2 aromatic rings. The maximum Gasteiger partial charge on any atom is 0.244 e. The summed E-state index contributed by atoms with van der Waals surface area (Å²) in [5, 5.41) is 2.75. The molecule has 0 spiro atoms. The Morgan fingerprint density at radius 1 is 1.08 bits per heavy atom. The lowest BCUT2D eigenvalue weighted by Crippen LogP contribution is -2.38. The van der Waals surface area contributed by atoms with Crippen LogP contribution in [0.1, 0.15) is 18.5 Å². The van der Waals surface area contributed by atoms with Crippen molar-refractivity contribution in [1.82, 2.24) is 10.0 Å². The van der Waals surface area contributed by atoms with Gasteiger partial charge in [0.1, 0.15) is 16.4 Å². The fourth-order valence-corrected chi connectivity index (χ4v) is 3.51. The SMILES string of the molecule is COc1ccc(OC)c(S(=O)(=O)NCC(=O)NC(C)c2ccccc2)c1. The number of hydrogen-bond donors (Lipinski definition) is 2. The second kappa shape index (κ2) is 8.68. The molecular formula is C18H22N2O5S. The number of amides is 1. The van der Waals surface area contributed by atoms with Gasteiger partial charge in [-0.2, -0.15) is 0 Å². The van der Waals surface area contributed by atoms with Gasteiger partial charge in [0.25, 0.3) is 0 Å². The zero-order chi connectivity index (χ0) is 19.2. The Morgan fingerprint density at radius 3 is 2.38 bits per heavy atom. The zero-order valence-electron chi connectivity index (χ0n) is 14.9. The molecule has 26 heavy (non-hydrogen) atoms. The van der Waals surface area contributed by atoms with Gasteiger partial charge in [-0.3, -0.25) is 4.79 Å². The molecule has 0 radical (unpaired) electrons. The van der Waals surface area contributed by atoms with Crippen LogP contribution in [-0.4, -0.2) is 35.1 Å². The average molecular weight is 378 g/mol. The van der Waals surface area contributed by atoms with Crippen LogP contribution in [0.25, 0.3) is 0 Å². The second-order valence-electron chi connectivity index (χ2n) is 5.54. The topological polar surface area (TPSA) is 93.7 Å². The number of benzene rings is 2. The Morgan fingerprint density at radius 2 is 1.77 bits per heavy atom. The highest BCUT2D eigenvalue weighted by Crippen LogP contribution is 2.27. The number of ether oxygens (including phenoxy) is 2. The van der Waals surface area contributed by atoms with E-state index in [-0.39, 0.29) is 23.2 Å². The van der Waals surface area contributed by atoms with Crippen molar-refractivity contribution in [3.63, 3.8) is 0 Å². The van der Waals surface area contributed by atoms with E-state index in [9.17, 15) is 13.2 Å². The van der Waals surface area contributed by atoms with E-state index in [1.165, 1.54) is 26.4 Å². The minimum absolute atomic E-state index is 0.0942. The molecule has 8 heteroatoms. The molecule has 2 aromatic carbocycles. The van der Waals surface area contributed by atoms with Gasteiger partial charge in [0, 0.05) is 6.07 Å². The molecule has 1 amide bonds. The van der Waals surface area contributed by atoms with E-state index in [1.54, 1.807) is 6.07 Å². The van der Waals surface area contributed by atoms with Crippen LogP contribution in [0, 0.1) is 0 Å². The molecule has 0 bridgehead atoms. The van der Waals surface area contributed by atoms with E-state index in [4.69, 9.17) is 9.47 Å². The Balaban J connectivity index is 2.05. The van der Waals surface area contributed by atoms with Gasteiger partial charge >= 0.3 is 0 Å². The normalized spacial score (nSPS) is 12.3. The summed E-state index contributed by atoms with van der Waals surface area (Å²) in [4.78, 5) is 12.0. The number of rotatable bonds is 8. The summed E-state index contributed by atoms with van der Waals surface area (Å²) >= 11 is 0. The van der Waals surface area contributed by atoms with Gasteiger partial charge in [-0.25, -0.2) is 13.1 Å². The van der Waals surface area contributed by atoms with E-state index in [1.807, 2.05) is 37.3 Å². The van der Waals surface area contributed by atoms with Gasteiger partial charge in [0.05, 0.1) is 26.8 Å².